The first-order chi connectivity index (χ1) is 11.6. The molecule has 1 unspecified atom stereocenters. The van der Waals surface area contributed by atoms with Gasteiger partial charge in [-0.2, -0.15) is 0 Å². The molecular formula is C19H22N2O3. The van der Waals surface area contributed by atoms with E-state index in [4.69, 9.17) is 5.11 Å². The van der Waals surface area contributed by atoms with Crippen LogP contribution in [0.3, 0.4) is 0 Å². The molecule has 1 heterocycles. The zero-order chi connectivity index (χ0) is 17.1. The van der Waals surface area contributed by atoms with Gasteiger partial charge in [0.2, 0.25) is 0 Å². The van der Waals surface area contributed by atoms with Crippen molar-refractivity contribution in [3.05, 3.63) is 59.7 Å². The molecule has 0 bridgehead atoms. The quantitative estimate of drug-likeness (QED) is 0.904. The fourth-order valence-corrected chi connectivity index (χ4v) is 3.20. The highest BCUT2D eigenvalue weighted by atomic mass is 16.4. The normalized spacial score (nSPS) is 16.8. The van der Waals surface area contributed by atoms with Gasteiger partial charge in [-0.05, 0) is 30.7 Å². The molecule has 0 radical (unpaired) electrons. The molecule has 1 fully saturated rings. The summed E-state index contributed by atoms with van der Waals surface area (Å²) < 4.78 is 0. The van der Waals surface area contributed by atoms with Crippen molar-refractivity contribution in [2.75, 3.05) is 31.1 Å². The number of hydrogen-bond donors (Lipinski definition) is 2. The number of hydrogen-bond acceptors (Lipinski definition) is 4. The highest BCUT2D eigenvalue weighted by molar-refractivity contribution is 5.92. The number of aromatic hydroxyl groups is 1. The van der Waals surface area contributed by atoms with Crippen molar-refractivity contribution in [1.82, 2.24) is 4.90 Å². The summed E-state index contributed by atoms with van der Waals surface area (Å²) in [5.41, 5.74) is 2.11. The van der Waals surface area contributed by atoms with Crippen LogP contribution in [0.4, 0.5) is 5.69 Å². The number of carboxylic acid groups (broad SMARTS) is 1. The predicted octanol–water partition coefficient (Wildman–Crippen LogP) is 2.97. The van der Waals surface area contributed by atoms with Gasteiger partial charge in [0.15, 0.2) is 0 Å². The lowest BCUT2D eigenvalue weighted by molar-refractivity contribution is 0.0693. The monoisotopic (exact) mass is 326 g/mol. The number of rotatable bonds is 4. The van der Waals surface area contributed by atoms with E-state index in [9.17, 15) is 9.90 Å². The fourth-order valence-electron chi connectivity index (χ4n) is 3.20. The van der Waals surface area contributed by atoms with Crippen LogP contribution in [-0.2, 0) is 0 Å². The predicted molar refractivity (Wildman–Crippen MR) is 93.7 cm³/mol. The number of carbonyl (C=O) groups is 1. The number of anilines is 1. The third-order valence-corrected chi connectivity index (χ3v) is 4.72. The van der Waals surface area contributed by atoms with Crippen molar-refractivity contribution < 1.29 is 15.0 Å². The number of carboxylic acids is 1. The smallest absolute Gasteiger partial charge is 0.339 e. The Bertz CT molecular complexity index is 710. The fraction of sp³-hybridized carbons (Fsp3) is 0.316. The maximum absolute atomic E-state index is 11.2. The summed E-state index contributed by atoms with van der Waals surface area (Å²) >= 11 is 0. The Morgan fingerprint density at radius 3 is 2.33 bits per heavy atom. The third kappa shape index (κ3) is 3.36. The molecule has 1 aliphatic heterocycles. The molecule has 0 aromatic heterocycles. The van der Waals surface area contributed by atoms with Crippen LogP contribution in [0.25, 0.3) is 0 Å². The zero-order valence-corrected chi connectivity index (χ0v) is 13.7. The van der Waals surface area contributed by atoms with E-state index in [2.05, 4.69) is 41.0 Å². The summed E-state index contributed by atoms with van der Waals surface area (Å²) in [6.07, 6.45) is 0. The number of nitrogens with zero attached hydrogens (tertiary/aromatic N) is 2. The minimum absolute atomic E-state index is 0.0485. The molecule has 0 saturated carbocycles. The van der Waals surface area contributed by atoms with Gasteiger partial charge in [0.05, 0.1) is 0 Å². The SMILES string of the molecule is CC(c1ccccc1)N1CCN(c2ccc(O)c(C(=O)O)c2)CC1. The summed E-state index contributed by atoms with van der Waals surface area (Å²) in [5.74, 6) is -1.30. The summed E-state index contributed by atoms with van der Waals surface area (Å²) in [7, 11) is 0. The van der Waals surface area contributed by atoms with E-state index in [1.54, 1.807) is 12.1 Å². The van der Waals surface area contributed by atoms with Crippen LogP contribution >= 0.6 is 0 Å². The first-order valence-electron chi connectivity index (χ1n) is 8.16. The van der Waals surface area contributed by atoms with Crippen LogP contribution in [0.5, 0.6) is 5.75 Å². The Kier molecular flexibility index (Phi) is 4.71. The van der Waals surface area contributed by atoms with E-state index < -0.39 is 5.97 Å². The second kappa shape index (κ2) is 6.93. The highest BCUT2D eigenvalue weighted by Crippen LogP contribution is 2.27. The summed E-state index contributed by atoms with van der Waals surface area (Å²) in [6.45, 7) is 5.72. The molecule has 5 nitrogen and oxygen atoms in total. The van der Waals surface area contributed by atoms with E-state index in [0.717, 1.165) is 31.9 Å². The van der Waals surface area contributed by atoms with Gasteiger partial charge in [0.1, 0.15) is 11.3 Å². The molecule has 1 atom stereocenters. The highest BCUT2D eigenvalue weighted by Gasteiger charge is 2.23. The molecule has 2 aromatic rings. The number of phenols is 1. The Balaban J connectivity index is 1.67. The number of piperazine rings is 1. The lowest BCUT2D eigenvalue weighted by Gasteiger charge is -2.39. The molecule has 1 saturated heterocycles. The molecular weight excluding hydrogens is 304 g/mol. The van der Waals surface area contributed by atoms with Crippen LogP contribution in [-0.4, -0.2) is 47.3 Å². The second-order valence-electron chi connectivity index (χ2n) is 6.12. The van der Waals surface area contributed by atoms with Gasteiger partial charge in [-0.1, -0.05) is 30.3 Å². The lowest BCUT2D eigenvalue weighted by atomic mass is 10.1. The first kappa shape index (κ1) is 16.3. The second-order valence-corrected chi connectivity index (χ2v) is 6.12. The van der Waals surface area contributed by atoms with Crippen LogP contribution in [0.2, 0.25) is 0 Å². The van der Waals surface area contributed by atoms with E-state index in [1.165, 1.54) is 11.6 Å². The zero-order valence-electron chi connectivity index (χ0n) is 13.7. The van der Waals surface area contributed by atoms with Crippen molar-refractivity contribution in [2.24, 2.45) is 0 Å². The molecule has 0 spiro atoms. The molecule has 2 aromatic carbocycles. The maximum Gasteiger partial charge on any atom is 0.339 e. The average Bonchev–Trinajstić information content (AvgIpc) is 2.62. The largest absolute Gasteiger partial charge is 0.507 e. The van der Waals surface area contributed by atoms with Crippen LogP contribution in [0.15, 0.2) is 48.5 Å². The lowest BCUT2D eigenvalue weighted by Crippen LogP contribution is -2.47. The van der Waals surface area contributed by atoms with Crippen molar-refractivity contribution in [3.63, 3.8) is 0 Å². The van der Waals surface area contributed by atoms with Gasteiger partial charge in [0.25, 0.3) is 0 Å². The standard InChI is InChI=1S/C19H22N2O3/c1-14(15-5-3-2-4-6-15)20-9-11-21(12-10-20)16-7-8-18(22)17(13-16)19(23)24/h2-8,13-14,22H,9-12H2,1H3,(H,23,24). The van der Waals surface area contributed by atoms with Crippen molar-refractivity contribution in [3.8, 4) is 5.75 Å². The summed E-state index contributed by atoms with van der Waals surface area (Å²) in [4.78, 5) is 15.8. The minimum Gasteiger partial charge on any atom is -0.507 e. The molecule has 2 N–H and O–H groups in total. The third-order valence-electron chi connectivity index (χ3n) is 4.72. The first-order valence-corrected chi connectivity index (χ1v) is 8.16. The number of benzene rings is 2. The van der Waals surface area contributed by atoms with Gasteiger partial charge < -0.3 is 15.1 Å². The molecule has 126 valence electrons. The van der Waals surface area contributed by atoms with E-state index in [0.29, 0.717) is 6.04 Å². The van der Waals surface area contributed by atoms with Gasteiger partial charge >= 0.3 is 5.97 Å². The Morgan fingerprint density at radius 2 is 1.71 bits per heavy atom. The van der Waals surface area contributed by atoms with Crippen molar-refractivity contribution >= 4 is 11.7 Å². The molecule has 3 rings (SSSR count). The van der Waals surface area contributed by atoms with Gasteiger partial charge in [-0.25, -0.2) is 4.79 Å². The van der Waals surface area contributed by atoms with E-state index >= 15 is 0 Å². The topological polar surface area (TPSA) is 64.0 Å². The Morgan fingerprint density at radius 1 is 1.04 bits per heavy atom. The van der Waals surface area contributed by atoms with Crippen LogP contribution in [0.1, 0.15) is 28.9 Å². The van der Waals surface area contributed by atoms with Gasteiger partial charge in [-0.3, -0.25) is 4.90 Å². The summed E-state index contributed by atoms with van der Waals surface area (Å²) in [6, 6.07) is 15.6. The van der Waals surface area contributed by atoms with Gasteiger partial charge in [0, 0.05) is 37.9 Å². The van der Waals surface area contributed by atoms with Crippen LogP contribution in [0, 0.1) is 0 Å². The molecule has 24 heavy (non-hydrogen) atoms. The van der Waals surface area contributed by atoms with Gasteiger partial charge in [-0.15, -0.1) is 0 Å². The molecule has 5 heteroatoms. The van der Waals surface area contributed by atoms with E-state index in [1.807, 2.05) is 6.07 Å². The Labute approximate surface area is 141 Å². The average molecular weight is 326 g/mol. The number of aromatic carboxylic acids is 1. The Hall–Kier alpha value is -2.53. The van der Waals surface area contributed by atoms with E-state index in [-0.39, 0.29) is 11.3 Å². The maximum atomic E-state index is 11.2. The van der Waals surface area contributed by atoms with Crippen molar-refractivity contribution in [2.45, 2.75) is 13.0 Å². The minimum atomic E-state index is -1.11. The molecule has 1 aliphatic rings. The summed E-state index contributed by atoms with van der Waals surface area (Å²) in [5, 5.41) is 18.8. The molecule has 0 amide bonds. The van der Waals surface area contributed by atoms with Crippen molar-refractivity contribution in [1.29, 1.82) is 0 Å². The van der Waals surface area contributed by atoms with Crippen LogP contribution < -0.4 is 4.90 Å². The molecule has 0 aliphatic carbocycles.